The zero-order valence-corrected chi connectivity index (χ0v) is 11.2. The van der Waals surface area contributed by atoms with E-state index in [1.54, 1.807) is 23.0 Å². The summed E-state index contributed by atoms with van der Waals surface area (Å²) >= 11 is 1.58. The van der Waals surface area contributed by atoms with Crippen LogP contribution in [0.1, 0.15) is 23.9 Å². The lowest BCUT2D eigenvalue weighted by atomic mass is 10.1. The quantitative estimate of drug-likeness (QED) is 0.869. The van der Waals surface area contributed by atoms with Crippen LogP contribution in [-0.4, -0.2) is 16.0 Å². The molecule has 2 aromatic heterocycles. The van der Waals surface area contributed by atoms with E-state index in [2.05, 4.69) is 16.9 Å². The molecule has 0 saturated heterocycles. The first kappa shape index (κ1) is 13.0. The molecule has 0 bridgehead atoms. The minimum atomic E-state index is 0.182. The number of nitrogens with two attached hydrogens (primary N) is 1. The molecule has 0 amide bonds. The minimum absolute atomic E-state index is 0.182. The van der Waals surface area contributed by atoms with Crippen LogP contribution < -0.4 is 10.5 Å². The topological polar surface area (TPSA) is 61.0 Å². The number of thiazole rings is 1. The van der Waals surface area contributed by atoms with Gasteiger partial charge in [0.15, 0.2) is 0 Å². The van der Waals surface area contributed by atoms with Crippen molar-refractivity contribution in [1.82, 2.24) is 9.97 Å². The zero-order valence-electron chi connectivity index (χ0n) is 10.4. The Kier molecular flexibility index (Phi) is 4.66. The van der Waals surface area contributed by atoms with Gasteiger partial charge in [0.2, 0.25) is 0 Å². The van der Waals surface area contributed by atoms with Gasteiger partial charge in [-0.1, -0.05) is 6.92 Å². The summed E-state index contributed by atoms with van der Waals surface area (Å²) in [6.45, 7) is 2.62. The van der Waals surface area contributed by atoms with Crippen molar-refractivity contribution in [3.05, 3.63) is 40.6 Å². The molecule has 1 unspecified atom stereocenters. The summed E-state index contributed by atoms with van der Waals surface area (Å²) in [4.78, 5) is 9.45. The summed E-state index contributed by atoms with van der Waals surface area (Å²) in [5, 5.41) is 0. The van der Waals surface area contributed by atoms with Crippen molar-refractivity contribution in [2.45, 2.75) is 32.4 Å². The van der Waals surface area contributed by atoms with Gasteiger partial charge in [-0.2, -0.15) is 0 Å². The molecule has 0 aromatic carbocycles. The van der Waals surface area contributed by atoms with E-state index in [4.69, 9.17) is 10.5 Å². The Balaban J connectivity index is 1.87. The number of rotatable bonds is 6. The molecule has 2 N–H and O–H groups in total. The average molecular weight is 263 g/mol. The summed E-state index contributed by atoms with van der Waals surface area (Å²) in [7, 11) is 0. The molecule has 0 aliphatic rings. The van der Waals surface area contributed by atoms with E-state index in [1.165, 1.54) is 0 Å². The van der Waals surface area contributed by atoms with Crippen LogP contribution in [0.2, 0.25) is 0 Å². The predicted octanol–water partition coefficient (Wildman–Crippen LogP) is 2.40. The largest absolute Gasteiger partial charge is 0.486 e. The zero-order chi connectivity index (χ0) is 12.8. The summed E-state index contributed by atoms with van der Waals surface area (Å²) in [6, 6.07) is 4.09. The Bertz CT molecular complexity index is 456. The van der Waals surface area contributed by atoms with Gasteiger partial charge >= 0.3 is 0 Å². The van der Waals surface area contributed by atoms with Crippen molar-refractivity contribution < 1.29 is 4.74 Å². The van der Waals surface area contributed by atoms with Gasteiger partial charge in [0.25, 0.3) is 0 Å². The summed E-state index contributed by atoms with van der Waals surface area (Å²) < 4.78 is 5.61. The predicted molar refractivity (Wildman–Crippen MR) is 72.7 cm³/mol. The summed E-state index contributed by atoms with van der Waals surface area (Å²) in [6.07, 6.45) is 5.34. The highest BCUT2D eigenvalue weighted by Crippen LogP contribution is 2.14. The minimum Gasteiger partial charge on any atom is -0.486 e. The molecular weight excluding hydrogens is 246 g/mol. The van der Waals surface area contributed by atoms with Crippen molar-refractivity contribution in [1.29, 1.82) is 0 Å². The van der Waals surface area contributed by atoms with Crippen molar-refractivity contribution in [2.75, 3.05) is 0 Å². The Morgan fingerprint density at radius 1 is 1.39 bits per heavy atom. The van der Waals surface area contributed by atoms with Gasteiger partial charge in [-0.3, -0.25) is 9.97 Å². The molecule has 2 heterocycles. The number of ether oxygens (including phenoxy) is 1. The van der Waals surface area contributed by atoms with Crippen LogP contribution in [0.15, 0.2) is 30.0 Å². The molecule has 0 spiro atoms. The summed E-state index contributed by atoms with van der Waals surface area (Å²) in [5.41, 5.74) is 8.70. The van der Waals surface area contributed by atoms with Gasteiger partial charge < -0.3 is 10.5 Å². The van der Waals surface area contributed by atoms with Crippen LogP contribution in [-0.2, 0) is 13.0 Å². The normalized spacial score (nSPS) is 12.3. The number of hydrogen-bond donors (Lipinski definition) is 1. The number of nitrogens with zero attached hydrogens (tertiary/aromatic N) is 2. The Morgan fingerprint density at radius 3 is 2.89 bits per heavy atom. The van der Waals surface area contributed by atoms with E-state index >= 15 is 0 Å². The van der Waals surface area contributed by atoms with Crippen molar-refractivity contribution >= 4 is 11.3 Å². The molecule has 5 heteroatoms. The van der Waals surface area contributed by atoms with Crippen molar-refractivity contribution in [2.24, 2.45) is 5.73 Å². The van der Waals surface area contributed by atoms with Crippen LogP contribution in [0.3, 0.4) is 0 Å². The molecule has 96 valence electrons. The van der Waals surface area contributed by atoms with Crippen molar-refractivity contribution in [3.8, 4) is 5.75 Å². The Morgan fingerprint density at radius 2 is 2.28 bits per heavy atom. The summed E-state index contributed by atoms with van der Waals surface area (Å²) in [5.74, 6) is 0.775. The maximum absolute atomic E-state index is 5.89. The maximum atomic E-state index is 5.89. The van der Waals surface area contributed by atoms with Crippen molar-refractivity contribution in [3.63, 3.8) is 0 Å². The van der Waals surface area contributed by atoms with E-state index in [9.17, 15) is 0 Å². The fourth-order valence-electron chi connectivity index (χ4n) is 1.50. The van der Waals surface area contributed by atoms with E-state index in [1.807, 2.05) is 18.3 Å². The molecule has 2 rings (SSSR count). The van der Waals surface area contributed by atoms with E-state index < -0.39 is 0 Å². The third kappa shape index (κ3) is 3.78. The third-order valence-electron chi connectivity index (χ3n) is 2.66. The van der Waals surface area contributed by atoms with Crippen LogP contribution in [0.4, 0.5) is 0 Å². The first-order chi connectivity index (χ1) is 8.78. The molecule has 1 atom stereocenters. The monoisotopic (exact) mass is 263 g/mol. The van der Waals surface area contributed by atoms with Gasteiger partial charge in [-0.05, 0) is 18.6 Å². The lowest BCUT2D eigenvalue weighted by molar-refractivity contribution is 0.308. The highest BCUT2D eigenvalue weighted by molar-refractivity contribution is 7.09. The molecule has 4 nitrogen and oxygen atoms in total. The number of pyridine rings is 1. The van der Waals surface area contributed by atoms with Crippen LogP contribution in [0.25, 0.3) is 0 Å². The second-order valence-corrected chi connectivity index (χ2v) is 5.09. The van der Waals surface area contributed by atoms with Crippen LogP contribution in [0.5, 0.6) is 5.75 Å². The lowest BCUT2D eigenvalue weighted by Gasteiger charge is -2.08. The van der Waals surface area contributed by atoms with E-state index in [-0.39, 0.29) is 6.04 Å². The molecule has 0 aliphatic carbocycles. The van der Waals surface area contributed by atoms with Gasteiger partial charge in [0, 0.05) is 24.4 Å². The maximum Gasteiger partial charge on any atom is 0.138 e. The molecule has 0 fully saturated rings. The Hall–Kier alpha value is -1.46. The average Bonchev–Trinajstić information content (AvgIpc) is 2.91. The first-order valence-electron chi connectivity index (χ1n) is 5.98. The van der Waals surface area contributed by atoms with Gasteiger partial charge in [-0.15, -0.1) is 11.3 Å². The van der Waals surface area contributed by atoms with E-state index in [0.717, 1.165) is 29.2 Å². The molecule has 18 heavy (non-hydrogen) atoms. The smallest absolute Gasteiger partial charge is 0.138 e. The highest BCUT2D eigenvalue weighted by atomic mass is 32.1. The third-order valence-corrected chi connectivity index (χ3v) is 3.41. The Labute approximate surface area is 111 Å². The first-order valence-corrected chi connectivity index (χ1v) is 6.86. The second-order valence-electron chi connectivity index (χ2n) is 4.11. The van der Waals surface area contributed by atoms with Crippen LogP contribution >= 0.6 is 11.3 Å². The van der Waals surface area contributed by atoms with Gasteiger partial charge in [-0.25, -0.2) is 0 Å². The van der Waals surface area contributed by atoms with Gasteiger partial charge in [0.1, 0.15) is 12.4 Å². The van der Waals surface area contributed by atoms with E-state index in [0.29, 0.717) is 6.61 Å². The molecule has 2 aromatic rings. The fourth-order valence-corrected chi connectivity index (χ4v) is 2.00. The molecule has 0 saturated carbocycles. The lowest BCUT2D eigenvalue weighted by Crippen LogP contribution is -2.21. The molecular formula is C13H17N3OS. The SMILES string of the molecule is CCC(N)Cc1ccc(OCc2cncs2)cn1. The molecule has 0 aliphatic heterocycles. The number of hydrogen-bond acceptors (Lipinski definition) is 5. The van der Waals surface area contributed by atoms with Gasteiger partial charge in [0.05, 0.1) is 16.6 Å². The van der Waals surface area contributed by atoms with Crippen LogP contribution in [0, 0.1) is 0 Å². The number of aromatic nitrogens is 2. The highest BCUT2D eigenvalue weighted by Gasteiger charge is 2.03. The molecule has 0 radical (unpaired) electrons. The second kappa shape index (κ2) is 6.47. The fraction of sp³-hybridized carbons (Fsp3) is 0.385. The standard InChI is InChI=1S/C13H17N3OS/c1-2-10(14)5-11-3-4-12(6-16-11)17-8-13-7-15-9-18-13/h3-4,6-7,9-10H,2,5,8,14H2,1H3.